The molecule has 0 aliphatic carbocycles. The van der Waals surface area contributed by atoms with Crippen molar-refractivity contribution >= 4 is 30.0 Å². The van der Waals surface area contributed by atoms with Gasteiger partial charge >= 0.3 is 0 Å². The Kier molecular flexibility index (Phi) is 6.23. The van der Waals surface area contributed by atoms with Crippen molar-refractivity contribution < 1.29 is 4.79 Å². The van der Waals surface area contributed by atoms with Crippen LogP contribution in [0.15, 0.2) is 65.8 Å². The van der Waals surface area contributed by atoms with Gasteiger partial charge in [-0.1, -0.05) is 72.4 Å². The molecule has 1 heterocycles. The highest BCUT2D eigenvalue weighted by Crippen LogP contribution is 2.34. The first-order chi connectivity index (χ1) is 11.2. The van der Waals surface area contributed by atoms with Crippen molar-refractivity contribution in [2.24, 2.45) is 7.05 Å². The predicted molar refractivity (Wildman–Crippen MR) is 103 cm³/mol. The zero-order valence-electron chi connectivity index (χ0n) is 13.6. The maximum Gasteiger partial charge on any atom is 0.169 e. The Bertz CT molecular complexity index is 816. The van der Waals surface area contributed by atoms with Gasteiger partial charge in [0.2, 0.25) is 0 Å². The second kappa shape index (κ2) is 8.18. The summed E-state index contributed by atoms with van der Waals surface area (Å²) in [7, 11) is 2.00. The van der Waals surface area contributed by atoms with Gasteiger partial charge in [0.1, 0.15) is 5.78 Å². The Labute approximate surface area is 152 Å². The number of hydrogen-bond acceptors (Lipinski definition) is 3. The summed E-state index contributed by atoms with van der Waals surface area (Å²) in [6.45, 7) is 1.60. The van der Waals surface area contributed by atoms with Crippen LogP contribution in [-0.4, -0.2) is 21.1 Å². The molecule has 0 N–H and O–H groups in total. The average Bonchev–Trinajstić information content (AvgIpc) is 2.91. The van der Waals surface area contributed by atoms with E-state index < -0.39 is 0 Å². The Morgan fingerprint density at radius 2 is 1.54 bits per heavy atom. The van der Waals surface area contributed by atoms with E-state index in [4.69, 9.17) is 4.98 Å². The fourth-order valence-electron chi connectivity index (χ4n) is 2.50. The van der Waals surface area contributed by atoms with Crippen LogP contribution in [0.1, 0.15) is 6.92 Å². The lowest BCUT2D eigenvalue weighted by molar-refractivity contribution is -0.114. The number of ketones is 1. The van der Waals surface area contributed by atoms with Gasteiger partial charge in [-0.05, 0) is 6.92 Å². The number of hydrogen-bond donors (Lipinski definition) is 0. The van der Waals surface area contributed by atoms with Gasteiger partial charge in [0.15, 0.2) is 5.16 Å². The van der Waals surface area contributed by atoms with E-state index in [1.165, 1.54) is 11.8 Å². The van der Waals surface area contributed by atoms with Gasteiger partial charge in [0.25, 0.3) is 0 Å². The van der Waals surface area contributed by atoms with Crippen molar-refractivity contribution in [3.8, 4) is 22.5 Å². The summed E-state index contributed by atoms with van der Waals surface area (Å²) in [4.78, 5) is 16.1. The fourth-order valence-corrected chi connectivity index (χ4v) is 3.27. The lowest BCUT2D eigenvalue weighted by Gasteiger charge is -2.07. The van der Waals surface area contributed by atoms with Gasteiger partial charge in [0, 0.05) is 18.2 Å². The number of thioether (sulfide) groups is 1. The summed E-state index contributed by atoms with van der Waals surface area (Å²) in [5.41, 5.74) is 4.22. The number of Topliss-reactive ketones (excluding diaryl/α,β-unsaturated/α-hetero) is 1. The van der Waals surface area contributed by atoms with Crippen LogP contribution < -0.4 is 0 Å². The topological polar surface area (TPSA) is 34.9 Å². The molecule has 0 saturated carbocycles. The monoisotopic (exact) mass is 358 g/mol. The highest BCUT2D eigenvalue weighted by Gasteiger charge is 2.18. The van der Waals surface area contributed by atoms with Crippen LogP contribution in [0.4, 0.5) is 0 Å². The van der Waals surface area contributed by atoms with Gasteiger partial charge < -0.3 is 4.57 Å². The van der Waals surface area contributed by atoms with Crippen molar-refractivity contribution in [2.75, 3.05) is 5.75 Å². The zero-order valence-corrected chi connectivity index (χ0v) is 15.2. The molecule has 0 bridgehead atoms. The minimum Gasteiger partial charge on any atom is -0.322 e. The molecule has 0 aliphatic heterocycles. The lowest BCUT2D eigenvalue weighted by atomic mass is 10.1. The van der Waals surface area contributed by atoms with Crippen LogP contribution in [-0.2, 0) is 11.8 Å². The van der Waals surface area contributed by atoms with Crippen molar-refractivity contribution in [1.82, 2.24) is 9.55 Å². The van der Waals surface area contributed by atoms with E-state index in [1.807, 2.05) is 43.4 Å². The molecule has 2 aromatic carbocycles. The summed E-state index contributed by atoms with van der Waals surface area (Å²) < 4.78 is 2.07. The van der Waals surface area contributed by atoms with E-state index in [9.17, 15) is 4.79 Å². The van der Waals surface area contributed by atoms with Crippen LogP contribution in [0.5, 0.6) is 0 Å². The van der Waals surface area contributed by atoms with Gasteiger partial charge in [-0.25, -0.2) is 4.98 Å². The molecule has 5 heteroatoms. The van der Waals surface area contributed by atoms with E-state index >= 15 is 0 Å². The van der Waals surface area contributed by atoms with Crippen molar-refractivity contribution in [3.63, 3.8) is 0 Å². The molecule has 3 nitrogen and oxygen atoms in total. The molecule has 0 saturated heterocycles. The minimum absolute atomic E-state index is 0. The largest absolute Gasteiger partial charge is 0.322 e. The highest BCUT2D eigenvalue weighted by molar-refractivity contribution is 7.99. The number of nitrogens with zero attached hydrogens (tertiary/aromatic N) is 2. The summed E-state index contributed by atoms with van der Waals surface area (Å²) in [6.07, 6.45) is 0. The number of rotatable bonds is 5. The molecule has 3 aromatic rings. The lowest BCUT2D eigenvalue weighted by Crippen LogP contribution is -1.98. The zero-order chi connectivity index (χ0) is 16.2. The smallest absolute Gasteiger partial charge is 0.169 e. The summed E-state index contributed by atoms with van der Waals surface area (Å²) in [6, 6.07) is 20.4. The molecule has 0 radical (unpaired) electrons. The number of halogens is 1. The molecule has 0 unspecified atom stereocenters. The summed E-state index contributed by atoms with van der Waals surface area (Å²) in [5, 5.41) is 0.859. The van der Waals surface area contributed by atoms with Gasteiger partial charge in [0.05, 0.1) is 17.1 Å². The normalized spacial score (nSPS) is 10.2. The van der Waals surface area contributed by atoms with Crippen LogP contribution in [0.25, 0.3) is 22.5 Å². The number of imidazole rings is 1. The van der Waals surface area contributed by atoms with Gasteiger partial charge in [-0.2, -0.15) is 0 Å². The first-order valence-corrected chi connectivity index (χ1v) is 8.45. The van der Waals surface area contributed by atoms with Crippen LogP contribution in [0, 0.1) is 0 Å². The fraction of sp³-hybridized carbons (Fsp3) is 0.158. The highest BCUT2D eigenvalue weighted by atomic mass is 35.5. The van der Waals surface area contributed by atoms with Crippen LogP contribution in [0.3, 0.4) is 0 Å². The SMILES string of the molecule is CC(=O)CSc1nc(-c2ccccc2)c(-c2ccccc2)n1C.Cl. The molecular weight excluding hydrogens is 340 g/mol. The van der Waals surface area contributed by atoms with E-state index in [2.05, 4.69) is 28.8 Å². The molecule has 0 spiro atoms. The molecule has 1 aromatic heterocycles. The Morgan fingerprint density at radius 1 is 1.00 bits per heavy atom. The van der Waals surface area contributed by atoms with Crippen molar-refractivity contribution in [2.45, 2.75) is 12.1 Å². The quantitative estimate of drug-likeness (QED) is 0.611. The molecule has 0 aliphatic rings. The molecule has 0 fully saturated rings. The minimum atomic E-state index is 0. The Balaban J connectivity index is 0.00000208. The summed E-state index contributed by atoms with van der Waals surface area (Å²) in [5.74, 6) is 0.591. The van der Waals surface area contributed by atoms with E-state index in [0.717, 1.165) is 27.7 Å². The second-order valence-electron chi connectivity index (χ2n) is 5.37. The first kappa shape index (κ1) is 18.3. The van der Waals surface area contributed by atoms with Gasteiger partial charge in [-0.3, -0.25) is 4.79 Å². The average molecular weight is 359 g/mol. The van der Waals surface area contributed by atoms with Gasteiger partial charge in [-0.15, -0.1) is 12.4 Å². The molecule has 24 heavy (non-hydrogen) atoms. The maximum atomic E-state index is 11.3. The Morgan fingerprint density at radius 3 is 2.08 bits per heavy atom. The standard InChI is InChI=1S/C19H18N2OS.ClH/c1-14(22)13-23-19-20-17(15-9-5-3-6-10-15)18(21(19)2)16-11-7-4-8-12-16;/h3-12H,13H2,1-2H3;1H. The van der Waals surface area contributed by atoms with Crippen molar-refractivity contribution in [3.05, 3.63) is 60.7 Å². The summed E-state index contributed by atoms with van der Waals surface area (Å²) >= 11 is 1.48. The number of aromatic nitrogens is 2. The first-order valence-electron chi connectivity index (χ1n) is 7.46. The van der Waals surface area contributed by atoms with E-state index in [0.29, 0.717) is 5.75 Å². The predicted octanol–water partition coefficient (Wildman–Crippen LogP) is 4.86. The second-order valence-corrected chi connectivity index (χ2v) is 6.32. The number of benzene rings is 2. The molecule has 124 valence electrons. The van der Waals surface area contributed by atoms with E-state index in [-0.39, 0.29) is 18.2 Å². The van der Waals surface area contributed by atoms with Crippen LogP contribution >= 0.6 is 24.2 Å². The third-order valence-electron chi connectivity index (χ3n) is 3.55. The molecular formula is C19H19ClN2OS. The third kappa shape index (κ3) is 3.89. The number of carbonyl (C=O) groups excluding carboxylic acids is 1. The molecule has 0 atom stereocenters. The third-order valence-corrected chi connectivity index (χ3v) is 4.73. The van der Waals surface area contributed by atoms with Crippen LogP contribution in [0.2, 0.25) is 0 Å². The number of carbonyl (C=O) groups is 1. The molecule has 3 rings (SSSR count). The maximum absolute atomic E-state index is 11.3. The Hall–Kier alpha value is -2.04. The molecule has 0 amide bonds. The van der Waals surface area contributed by atoms with Crippen molar-refractivity contribution in [1.29, 1.82) is 0 Å². The van der Waals surface area contributed by atoms with E-state index in [1.54, 1.807) is 6.92 Å².